The van der Waals surface area contributed by atoms with Gasteiger partial charge in [0.1, 0.15) is 11.6 Å². The quantitative estimate of drug-likeness (QED) is 0.817. The van der Waals surface area contributed by atoms with Crippen LogP contribution in [-0.4, -0.2) is 25.4 Å². The second-order valence-electron chi connectivity index (χ2n) is 6.57. The van der Waals surface area contributed by atoms with E-state index in [-0.39, 0.29) is 30.5 Å². The number of hydrogen-bond acceptors (Lipinski definition) is 3. The fraction of sp³-hybridized carbons (Fsp3) is 0.300. The summed E-state index contributed by atoms with van der Waals surface area (Å²) in [5, 5.41) is 5.89. The van der Waals surface area contributed by atoms with Crippen LogP contribution in [-0.2, 0) is 22.7 Å². The van der Waals surface area contributed by atoms with Crippen molar-refractivity contribution in [2.24, 2.45) is 5.92 Å². The summed E-state index contributed by atoms with van der Waals surface area (Å²) < 4.78 is 27.0. The van der Waals surface area contributed by atoms with Gasteiger partial charge in [-0.2, -0.15) is 0 Å². The van der Waals surface area contributed by atoms with Crippen molar-refractivity contribution in [3.05, 3.63) is 65.2 Å². The molecule has 1 fully saturated rings. The van der Waals surface area contributed by atoms with Crippen molar-refractivity contribution in [3.8, 4) is 0 Å². The van der Waals surface area contributed by atoms with Crippen LogP contribution in [0.4, 0.5) is 14.5 Å². The first-order valence-corrected chi connectivity index (χ1v) is 8.73. The van der Waals surface area contributed by atoms with Crippen molar-refractivity contribution < 1.29 is 18.4 Å². The van der Waals surface area contributed by atoms with E-state index in [1.807, 2.05) is 31.3 Å². The first-order chi connectivity index (χ1) is 13.0. The summed E-state index contributed by atoms with van der Waals surface area (Å²) in [6.07, 6.45) is 0.00373. The summed E-state index contributed by atoms with van der Waals surface area (Å²) in [7, 11) is 1.87. The van der Waals surface area contributed by atoms with E-state index in [1.165, 1.54) is 11.0 Å². The minimum atomic E-state index is -0.814. The average Bonchev–Trinajstić information content (AvgIpc) is 3.03. The summed E-state index contributed by atoms with van der Waals surface area (Å²) >= 11 is 0. The summed E-state index contributed by atoms with van der Waals surface area (Å²) in [6, 6.07) is 10.9. The van der Waals surface area contributed by atoms with E-state index >= 15 is 0 Å². The molecule has 0 spiro atoms. The molecule has 0 bridgehead atoms. The molecule has 27 heavy (non-hydrogen) atoms. The number of nitrogens with zero attached hydrogens (tertiary/aromatic N) is 1. The molecular weight excluding hydrogens is 352 g/mol. The molecule has 5 nitrogen and oxygen atoms in total. The number of carbonyl (C=O) groups is 2. The van der Waals surface area contributed by atoms with Gasteiger partial charge in [-0.1, -0.05) is 24.3 Å². The lowest BCUT2D eigenvalue weighted by molar-refractivity contribution is -0.126. The van der Waals surface area contributed by atoms with Gasteiger partial charge in [0.05, 0.1) is 11.6 Å². The molecule has 1 saturated heterocycles. The van der Waals surface area contributed by atoms with Crippen LogP contribution in [0.25, 0.3) is 0 Å². The van der Waals surface area contributed by atoms with E-state index in [9.17, 15) is 18.4 Å². The third kappa shape index (κ3) is 4.49. The largest absolute Gasteiger partial charge is 0.352 e. The molecule has 1 heterocycles. The SMILES string of the molecule is CNCc1ccc(CNC(=O)C2CC(=O)N(c3ccc(F)cc3F)C2)cc1. The molecule has 0 aromatic heterocycles. The molecule has 1 atom stereocenters. The fourth-order valence-electron chi connectivity index (χ4n) is 3.13. The molecule has 0 radical (unpaired) electrons. The van der Waals surface area contributed by atoms with E-state index < -0.39 is 17.6 Å². The number of rotatable bonds is 6. The van der Waals surface area contributed by atoms with Gasteiger partial charge < -0.3 is 15.5 Å². The Hall–Kier alpha value is -2.80. The van der Waals surface area contributed by atoms with Crippen LogP contribution >= 0.6 is 0 Å². The third-order valence-corrected chi connectivity index (χ3v) is 4.57. The highest BCUT2D eigenvalue weighted by Crippen LogP contribution is 2.28. The average molecular weight is 373 g/mol. The van der Waals surface area contributed by atoms with Gasteiger partial charge in [-0.3, -0.25) is 9.59 Å². The van der Waals surface area contributed by atoms with Crippen LogP contribution in [0, 0.1) is 17.6 Å². The Morgan fingerprint density at radius 1 is 1.11 bits per heavy atom. The number of benzene rings is 2. The van der Waals surface area contributed by atoms with Gasteiger partial charge in [-0.05, 0) is 30.3 Å². The zero-order chi connectivity index (χ0) is 19.4. The first kappa shape index (κ1) is 19.0. The third-order valence-electron chi connectivity index (χ3n) is 4.57. The van der Waals surface area contributed by atoms with E-state index in [0.29, 0.717) is 6.54 Å². The first-order valence-electron chi connectivity index (χ1n) is 8.73. The number of nitrogens with one attached hydrogen (secondary N) is 2. The highest BCUT2D eigenvalue weighted by molar-refractivity contribution is 6.00. The fourth-order valence-corrected chi connectivity index (χ4v) is 3.13. The standard InChI is InChI=1S/C20H21F2N3O2/c1-23-10-13-2-4-14(5-3-13)11-24-20(27)15-8-19(26)25(12-15)18-7-6-16(21)9-17(18)22/h2-7,9,15,23H,8,10-12H2,1H3,(H,24,27). The Morgan fingerprint density at radius 2 is 1.78 bits per heavy atom. The topological polar surface area (TPSA) is 61.4 Å². The number of anilines is 1. The number of amides is 2. The molecule has 2 aromatic rings. The highest BCUT2D eigenvalue weighted by Gasteiger charge is 2.36. The highest BCUT2D eigenvalue weighted by atomic mass is 19.1. The van der Waals surface area contributed by atoms with E-state index in [0.717, 1.165) is 29.8 Å². The molecule has 0 aliphatic carbocycles. The van der Waals surface area contributed by atoms with Gasteiger partial charge >= 0.3 is 0 Å². The zero-order valence-electron chi connectivity index (χ0n) is 15.0. The lowest BCUT2D eigenvalue weighted by Crippen LogP contribution is -2.32. The van der Waals surface area contributed by atoms with Gasteiger partial charge in [0.15, 0.2) is 0 Å². The van der Waals surface area contributed by atoms with Crippen LogP contribution in [0.2, 0.25) is 0 Å². The monoisotopic (exact) mass is 373 g/mol. The molecule has 2 aromatic carbocycles. The van der Waals surface area contributed by atoms with Crippen molar-refractivity contribution in [3.63, 3.8) is 0 Å². The molecule has 1 aliphatic heterocycles. The van der Waals surface area contributed by atoms with Crippen LogP contribution in [0.5, 0.6) is 0 Å². The normalized spacial score (nSPS) is 16.6. The maximum atomic E-state index is 13.9. The van der Waals surface area contributed by atoms with Crippen LogP contribution < -0.4 is 15.5 Å². The second kappa shape index (κ2) is 8.26. The van der Waals surface area contributed by atoms with Crippen molar-refractivity contribution in [1.29, 1.82) is 0 Å². The minimum absolute atomic E-state index is 0.00294. The molecule has 142 valence electrons. The van der Waals surface area contributed by atoms with Crippen molar-refractivity contribution in [1.82, 2.24) is 10.6 Å². The molecule has 1 unspecified atom stereocenters. The Balaban J connectivity index is 1.58. The summed E-state index contributed by atoms with van der Waals surface area (Å²) in [5.41, 5.74) is 2.09. The predicted molar refractivity (Wildman–Crippen MR) is 97.9 cm³/mol. The van der Waals surface area contributed by atoms with E-state index in [4.69, 9.17) is 0 Å². The Labute approximate surface area is 156 Å². The van der Waals surface area contributed by atoms with Gasteiger partial charge in [0, 0.05) is 32.1 Å². The molecule has 0 saturated carbocycles. The van der Waals surface area contributed by atoms with Crippen LogP contribution in [0.15, 0.2) is 42.5 Å². The Kier molecular flexibility index (Phi) is 5.81. The molecule has 7 heteroatoms. The smallest absolute Gasteiger partial charge is 0.227 e. The van der Waals surface area contributed by atoms with Crippen molar-refractivity contribution >= 4 is 17.5 Å². The van der Waals surface area contributed by atoms with Crippen molar-refractivity contribution in [2.45, 2.75) is 19.5 Å². The summed E-state index contributed by atoms with van der Waals surface area (Å²) in [4.78, 5) is 25.8. The number of halogens is 2. The molecular formula is C20H21F2N3O2. The maximum absolute atomic E-state index is 13.9. The Morgan fingerprint density at radius 3 is 2.41 bits per heavy atom. The van der Waals surface area contributed by atoms with Crippen LogP contribution in [0.3, 0.4) is 0 Å². The summed E-state index contributed by atoms with van der Waals surface area (Å²) in [6.45, 7) is 1.20. The van der Waals surface area contributed by atoms with Crippen molar-refractivity contribution in [2.75, 3.05) is 18.5 Å². The number of carbonyl (C=O) groups excluding carboxylic acids is 2. The van der Waals surface area contributed by atoms with Gasteiger partial charge in [0.2, 0.25) is 11.8 Å². The predicted octanol–water partition coefficient (Wildman–Crippen LogP) is 2.35. The van der Waals surface area contributed by atoms with Gasteiger partial charge in [-0.15, -0.1) is 0 Å². The zero-order valence-corrected chi connectivity index (χ0v) is 15.0. The van der Waals surface area contributed by atoms with Gasteiger partial charge in [0.25, 0.3) is 0 Å². The van der Waals surface area contributed by atoms with Crippen LogP contribution in [0.1, 0.15) is 17.5 Å². The Bertz CT molecular complexity index is 840. The second-order valence-corrected chi connectivity index (χ2v) is 6.57. The van der Waals surface area contributed by atoms with E-state index in [2.05, 4.69) is 10.6 Å². The number of hydrogen-bond donors (Lipinski definition) is 2. The van der Waals surface area contributed by atoms with Gasteiger partial charge in [-0.25, -0.2) is 8.78 Å². The lowest BCUT2D eigenvalue weighted by atomic mass is 10.1. The van der Waals surface area contributed by atoms with E-state index in [1.54, 1.807) is 0 Å². The maximum Gasteiger partial charge on any atom is 0.227 e. The molecule has 3 rings (SSSR count). The molecule has 2 amide bonds. The summed E-state index contributed by atoms with van der Waals surface area (Å²) in [5.74, 6) is -2.70. The molecule has 1 aliphatic rings. The molecule has 2 N–H and O–H groups in total. The minimum Gasteiger partial charge on any atom is -0.352 e. The lowest BCUT2D eigenvalue weighted by Gasteiger charge is -2.17.